The topological polar surface area (TPSA) is 73.6 Å². The van der Waals surface area contributed by atoms with Crippen LogP contribution in [-0.2, 0) is 7.05 Å². The maximum Gasteiger partial charge on any atom is 0.191 e. The Morgan fingerprint density at radius 3 is 2.64 bits per heavy atom. The second-order valence-electron chi connectivity index (χ2n) is 5.34. The van der Waals surface area contributed by atoms with Gasteiger partial charge in [0.2, 0.25) is 0 Å². The lowest BCUT2D eigenvalue weighted by Crippen LogP contribution is -2.17. The van der Waals surface area contributed by atoms with Gasteiger partial charge in [0, 0.05) is 30.0 Å². The van der Waals surface area contributed by atoms with E-state index in [-0.39, 0.29) is 11.0 Å². The van der Waals surface area contributed by atoms with Gasteiger partial charge in [0.15, 0.2) is 16.8 Å². The summed E-state index contributed by atoms with van der Waals surface area (Å²) in [5, 5.41) is 9.40. The molecule has 128 valence electrons. The molecule has 0 aliphatic heterocycles. The number of carbonyl (C=O) groups excluding carboxylic acids is 1. The molecule has 3 rings (SSSR count). The fourth-order valence-corrected chi connectivity index (χ4v) is 3.43. The first-order valence-electron chi connectivity index (χ1n) is 7.72. The molecule has 0 saturated heterocycles. The summed E-state index contributed by atoms with van der Waals surface area (Å²) in [5.41, 5.74) is 1.28. The maximum atomic E-state index is 12.7. The van der Waals surface area contributed by atoms with Crippen molar-refractivity contribution in [1.82, 2.24) is 24.7 Å². The van der Waals surface area contributed by atoms with E-state index in [9.17, 15) is 4.79 Å². The van der Waals surface area contributed by atoms with Crippen LogP contribution in [-0.4, -0.2) is 35.8 Å². The van der Waals surface area contributed by atoms with Crippen LogP contribution in [0.1, 0.15) is 23.7 Å². The molecule has 3 aromatic rings. The molecule has 25 heavy (non-hydrogen) atoms. The Kier molecular flexibility index (Phi) is 5.45. The number of hydrogen-bond acceptors (Lipinski definition) is 6. The SMILES string of the molecule is CC[C@@H](Sc1nnc(-c2cnccn2)n1C)C(=O)c1ccc(Cl)cc1. The Morgan fingerprint density at radius 2 is 2.00 bits per heavy atom. The van der Waals surface area contributed by atoms with E-state index in [1.807, 2.05) is 18.5 Å². The highest BCUT2D eigenvalue weighted by molar-refractivity contribution is 8.00. The summed E-state index contributed by atoms with van der Waals surface area (Å²) in [4.78, 5) is 21.0. The van der Waals surface area contributed by atoms with Crippen molar-refractivity contribution in [2.45, 2.75) is 23.8 Å². The van der Waals surface area contributed by atoms with Crippen molar-refractivity contribution in [3.05, 3.63) is 53.4 Å². The first kappa shape index (κ1) is 17.6. The molecule has 0 N–H and O–H groups in total. The average molecular weight is 374 g/mol. The number of aromatic nitrogens is 5. The molecule has 2 aromatic heterocycles. The van der Waals surface area contributed by atoms with Crippen LogP contribution in [0.25, 0.3) is 11.5 Å². The third-order valence-electron chi connectivity index (χ3n) is 3.67. The quantitative estimate of drug-likeness (QED) is 0.484. The van der Waals surface area contributed by atoms with E-state index < -0.39 is 0 Å². The molecular formula is C17H16ClN5OS. The predicted molar refractivity (Wildman–Crippen MR) is 97.7 cm³/mol. The molecule has 1 aromatic carbocycles. The van der Waals surface area contributed by atoms with Crippen LogP contribution < -0.4 is 0 Å². The number of hydrogen-bond donors (Lipinski definition) is 0. The van der Waals surface area contributed by atoms with Gasteiger partial charge in [-0.25, -0.2) is 4.98 Å². The summed E-state index contributed by atoms with van der Waals surface area (Å²) < 4.78 is 1.83. The van der Waals surface area contributed by atoms with Crippen LogP contribution in [0.3, 0.4) is 0 Å². The summed E-state index contributed by atoms with van der Waals surface area (Å²) in [6, 6.07) is 6.94. The van der Waals surface area contributed by atoms with Crippen molar-refractivity contribution in [2.24, 2.45) is 7.05 Å². The number of benzene rings is 1. The molecule has 0 bridgehead atoms. The Bertz CT molecular complexity index is 867. The van der Waals surface area contributed by atoms with E-state index in [0.29, 0.717) is 33.7 Å². The lowest BCUT2D eigenvalue weighted by atomic mass is 10.1. The summed E-state index contributed by atoms with van der Waals surface area (Å²) in [6.07, 6.45) is 5.53. The van der Waals surface area contributed by atoms with Gasteiger partial charge in [-0.3, -0.25) is 9.78 Å². The molecule has 8 heteroatoms. The third-order valence-corrected chi connectivity index (χ3v) is 5.32. The van der Waals surface area contributed by atoms with Gasteiger partial charge >= 0.3 is 0 Å². The van der Waals surface area contributed by atoms with E-state index in [1.54, 1.807) is 42.9 Å². The Hall–Kier alpha value is -2.25. The third kappa shape index (κ3) is 3.88. The molecule has 0 aliphatic rings. The van der Waals surface area contributed by atoms with Gasteiger partial charge in [-0.1, -0.05) is 30.3 Å². The number of halogens is 1. The standard InChI is InChI=1S/C17H16ClN5OS/c1-3-14(15(24)11-4-6-12(18)7-5-11)25-17-22-21-16(23(17)2)13-10-19-8-9-20-13/h4-10,14H,3H2,1-2H3/t14-/m1/s1. The highest BCUT2D eigenvalue weighted by Gasteiger charge is 2.23. The average Bonchev–Trinajstić information content (AvgIpc) is 3.01. The molecule has 0 unspecified atom stereocenters. The predicted octanol–water partition coefficient (Wildman–Crippen LogP) is 3.68. The van der Waals surface area contributed by atoms with Crippen LogP contribution in [0, 0.1) is 0 Å². The van der Waals surface area contributed by atoms with Gasteiger partial charge in [-0.2, -0.15) is 0 Å². The van der Waals surface area contributed by atoms with Gasteiger partial charge in [-0.15, -0.1) is 10.2 Å². The maximum absolute atomic E-state index is 12.7. The van der Waals surface area contributed by atoms with Gasteiger partial charge < -0.3 is 4.57 Å². The molecule has 6 nitrogen and oxygen atoms in total. The van der Waals surface area contributed by atoms with E-state index >= 15 is 0 Å². The smallest absolute Gasteiger partial charge is 0.191 e. The van der Waals surface area contributed by atoms with Crippen LogP contribution in [0.15, 0.2) is 48.0 Å². The summed E-state index contributed by atoms with van der Waals surface area (Å²) in [7, 11) is 1.85. The van der Waals surface area contributed by atoms with Crippen molar-refractivity contribution in [2.75, 3.05) is 0 Å². The number of rotatable bonds is 6. The minimum atomic E-state index is -0.251. The van der Waals surface area contributed by atoms with E-state index in [2.05, 4.69) is 20.2 Å². The first-order valence-corrected chi connectivity index (χ1v) is 8.98. The summed E-state index contributed by atoms with van der Waals surface area (Å²) >= 11 is 7.29. The van der Waals surface area contributed by atoms with Crippen molar-refractivity contribution in [3.8, 4) is 11.5 Å². The monoisotopic (exact) mass is 373 g/mol. The Morgan fingerprint density at radius 1 is 1.24 bits per heavy atom. The van der Waals surface area contributed by atoms with E-state index in [1.165, 1.54) is 11.8 Å². The largest absolute Gasteiger partial charge is 0.304 e. The zero-order valence-corrected chi connectivity index (χ0v) is 15.3. The molecule has 2 heterocycles. The Labute approximate surface area is 154 Å². The highest BCUT2D eigenvalue weighted by atomic mass is 35.5. The van der Waals surface area contributed by atoms with Gasteiger partial charge in [-0.05, 0) is 30.7 Å². The minimum Gasteiger partial charge on any atom is -0.304 e. The summed E-state index contributed by atoms with van der Waals surface area (Å²) in [6.45, 7) is 1.98. The van der Waals surface area contributed by atoms with E-state index in [0.717, 1.165) is 0 Å². The van der Waals surface area contributed by atoms with Crippen LogP contribution in [0.5, 0.6) is 0 Å². The minimum absolute atomic E-state index is 0.0493. The molecule has 0 amide bonds. The molecule has 0 fully saturated rings. The second kappa shape index (κ2) is 7.76. The Balaban J connectivity index is 1.82. The lowest BCUT2D eigenvalue weighted by molar-refractivity contribution is 0.0988. The lowest BCUT2D eigenvalue weighted by Gasteiger charge is -2.13. The normalized spacial score (nSPS) is 12.1. The molecule has 0 radical (unpaired) electrons. The van der Waals surface area contributed by atoms with E-state index in [4.69, 9.17) is 11.6 Å². The van der Waals surface area contributed by atoms with Gasteiger partial charge in [0.1, 0.15) is 5.69 Å². The number of carbonyl (C=O) groups is 1. The number of Topliss-reactive ketones (excluding diaryl/α,β-unsaturated/α-hetero) is 1. The van der Waals surface area contributed by atoms with Gasteiger partial charge in [0.05, 0.1) is 11.4 Å². The highest BCUT2D eigenvalue weighted by Crippen LogP contribution is 2.28. The fourth-order valence-electron chi connectivity index (χ4n) is 2.30. The molecule has 0 saturated carbocycles. The second-order valence-corrected chi connectivity index (χ2v) is 6.95. The zero-order valence-electron chi connectivity index (χ0n) is 13.8. The number of nitrogens with zero attached hydrogens (tertiary/aromatic N) is 5. The first-order chi connectivity index (χ1) is 12.1. The van der Waals surface area contributed by atoms with Gasteiger partial charge in [0.25, 0.3) is 0 Å². The molecular weight excluding hydrogens is 358 g/mol. The van der Waals surface area contributed by atoms with Crippen molar-refractivity contribution in [3.63, 3.8) is 0 Å². The van der Waals surface area contributed by atoms with Crippen molar-refractivity contribution in [1.29, 1.82) is 0 Å². The summed E-state index contributed by atoms with van der Waals surface area (Å²) in [5.74, 6) is 0.664. The van der Waals surface area contributed by atoms with Crippen LogP contribution >= 0.6 is 23.4 Å². The van der Waals surface area contributed by atoms with Crippen LogP contribution in [0.4, 0.5) is 0 Å². The zero-order chi connectivity index (χ0) is 17.8. The van der Waals surface area contributed by atoms with Crippen LogP contribution in [0.2, 0.25) is 5.02 Å². The number of thioether (sulfide) groups is 1. The number of ketones is 1. The molecule has 1 atom stereocenters. The molecule has 0 spiro atoms. The van der Waals surface area contributed by atoms with Crippen molar-refractivity contribution >= 4 is 29.1 Å². The van der Waals surface area contributed by atoms with Crippen molar-refractivity contribution < 1.29 is 4.79 Å². The fraction of sp³-hybridized carbons (Fsp3) is 0.235. The molecule has 0 aliphatic carbocycles.